The fourth-order valence-electron chi connectivity index (χ4n) is 5.76. The number of nitrogens with zero attached hydrogens (tertiary/aromatic N) is 2. The van der Waals surface area contributed by atoms with E-state index in [4.69, 9.17) is 9.47 Å². The quantitative estimate of drug-likeness (QED) is 0.447. The van der Waals surface area contributed by atoms with E-state index in [-0.39, 0.29) is 36.5 Å². The first-order valence-corrected chi connectivity index (χ1v) is 13.2. The fourth-order valence-corrected chi connectivity index (χ4v) is 5.76. The fraction of sp³-hybridized carbons (Fsp3) is 0.367. The van der Waals surface area contributed by atoms with E-state index in [1.165, 1.54) is 13.2 Å². The van der Waals surface area contributed by atoms with E-state index < -0.39 is 5.82 Å². The van der Waals surface area contributed by atoms with Crippen molar-refractivity contribution in [3.8, 4) is 11.5 Å². The molecular formula is C30H33FN4O4. The number of pyridine rings is 1. The Morgan fingerprint density at radius 3 is 2.44 bits per heavy atom. The van der Waals surface area contributed by atoms with Crippen LogP contribution in [-0.2, 0) is 6.54 Å². The Kier molecular flexibility index (Phi) is 7.67. The van der Waals surface area contributed by atoms with Gasteiger partial charge in [0.1, 0.15) is 23.1 Å². The molecule has 2 N–H and O–H groups in total. The molecule has 0 saturated carbocycles. The minimum atomic E-state index is -0.434. The number of hydrogen-bond acceptors (Lipinski definition) is 6. The number of ether oxygens (including phenoxy) is 2. The smallest absolute Gasteiger partial charge is 0.253 e. The van der Waals surface area contributed by atoms with Gasteiger partial charge in [-0.1, -0.05) is 12.1 Å². The number of methoxy groups -OCH3 is 2. The molecule has 0 radical (unpaired) electrons. The van der Waals surface area contributed by atoms with E-state index in [1.807, 2.05) is 31.2 Å². The minimum absolute atomic E-state index is 0.0646. The molecule has 0 aliphatic carbocycles. The van der Waals surface area contributed by atoms with Crippen LogP contribution in [0.1, 0.15) is 57.5 Å². The third kappa shape index (κ3) is 5.53. The Labute approximate surface area is 227 Å². The van der Waals surface area contributed by atoms with Crippen LogP contribution in [0.2, 0.25) is 0 Å². The van der Waals surface area contributed by atoms with Crippen molar-refractivity contribution in [2.24, 2.45) is 0 Å². The van der Waals surface area contributed by atoms with Gasteiger partial charge in [-0.05, 0) is 62.9 Å². The van der Waals surface area contributed by atoms with Gasteiger partial charge < -0.3 is 25.0 Å². The second kappa shape index (κ2) is 11.3. The first-order chi connectivity index (χ1) is 18.9. The van der Waals surface area contributed by atoms with Crippen molar-refractivity contribution in [2.75, 3.05) is 19.1 Å². The van der Waals surface area contributed by atoms with E-state index in [1.54, 1.807) is 31.5 Å². The van der Waals surface area contributed by atoms with Crippen LogP contribution < -0.4 is 25.0 Å². The molecule has 2 bridgehead atoms. The third-order valence-electron chi connectivity index (χ3n) is 7.79. The van der Waals surface area contributed by atoms with Crippen LogP contribution in [0.3, 0.4) is 0 Å². The zero-order valence-corrected chi connectivity index (χ0v) is 22.4. The molecule has 2 saturated heterocycles. The number of nitrogens with one attached hydrogen (secondary N) is 2. The molecular weight excluding hydrogens is 499 g/mol. The molecule has 2 aliphatic rings. The molecule has 3 aromatic rings. The molecule has 0 spiro atoms. The highest BCUT2D eigenvalue weighted by Crippen LogP contribution is 2.38. The van der Waals surface area contributed by atoms with Gasteiger partial charge in [-0.2, -0.15) is 0 Å². The number of amides is 2. The Hall–Kier alpha value is -4.14. The Morgan fingerprint density at radius 1 is 1.03 bits per heavy atom. The molecule has 3 heterocycles. The zero-order chi connectivity index (χ0) is 27.5. The van der Waals surface area contributed by atoms with Gasteiger partial charge >= 0.3 is 0 Å². The molecule has 39 heavy (non-hydrogen) atoms. The summed E-state index contributed by atoms with van der Waals surface area (Å²) in [4.78, 5) is 32.6. The van der Waals surface area contributed by atoms with Crippen LogP contribution in [-0.4, -0.2) is 49.1 Å². The lowest BCUT2D eigenvalue weighted by Gasteiger charge is -2.40. The highest BCUT2D eigenvalue weighted by atomic mass is 19.1. The van der Waals surface area contributed by atoms with Crippen LogP contribution in [0.15, 0.2) is 54.7 Å². The molecule has 2 aromatic carbocycles. The van der Waals surface area contributed by atoms with Crippen LogP contribution in [0.4, 0.5) is 10.2 Å². The summed E-state index contributed by atoms with van der Waals surface area (Å²) in [6.45, 7) is 1.96. The lowest BCUT2D eigenvalue weighted by atomic mass is 9.96. The van der Waals surface area contributed by atoms with Gasteiger partial charge in [0.15, 0.2) is 0 Å². The zero-order valence-electron chi connectivity index (χ0n) is 22.4. The Bertz CT molecular complexity index is 1350. The molecule has 8 nitrogen and oxygen atoms in total. The van der Waals surface area contributed by atoms with Gasteiger partial charge in [-0.15, -0.1) is 0 Å². The van der Waals surface area contributed by atoms with Crippen LogP contribution in [0.5, 0.6) is 11.5 Å². The van der Waals surface area contributed by atoms with Gasteiger partial charge in [0.05, 0.1) is 19.8 Å². The normalized spacial score (nSPS) is 19.9. The SMILES string of the molecule is COc1ccc(CNC(=O)c2ccc(N3C4CCC3CC(NC(=O)c3cccc(OC)c3C)C4)nc2)c(F)c1. The predicted octanol–water partition coefficient (Wildman–Crippen LogP) is 4.41. The molecule has 2 amide bonds. The largest absolute Gasteiger partial charge is 0.497 e. The molecule has 2 aliphatic heterocycles. The highest BCUT2D eigenvalue weighted by Gasteiger charge is 2.42. The molecule has 2 unspecified atom stereocenters. The van der Waals surface area contributed by atoms with Crippen molar-refractivity contribution < 1.29 is 23.5 Å². The van der Waals surface area contributed by atoms with Gasteiger partial charge in [0.25, 0.3) is 11.8 Å². The van der Waals surface area contributed by atoms with Gasteiger partial charge in [-0.25, -0.2) is 9.37 Å². The van der Waals surface area contributed by atoms with Gasteiger partial charge in [0, 0.05) is 53.6 Å². The number of halogens is 1. The van der Waals surface area contributed by atoms with E-state index in [2.05, 4.69) is 20.5 Å². The summed E-state index contributed by atoms with van der Waals surface area (Å²) in [7, 11) is 3.08. The number of hydrogen-bond donors (Lipinski definition) is 2. The summed E-state index contributed by atoms with van der Waals surface area (Å²) in [5, 5.41) is 5.98. The van der Waals surface area contributed by atoms with Crippen molar-refractivity contribution in [3.63, 3.8) is 0 Å². The van der Waals surface area contributed by atoms with E-state index in [0.29, 0.717) is 28.2 Å². The van der Waals surface area contributed by atoms with E-state index in [0.717, 1.165) is 37.1 Å². The molecule has 204 valence electrons. The topological polar surface area (TPSA) is 92.8 Å². The maximum absolute atomic E-state index is 14.2. The summed E-state index contributed by atoms with van der Waals surface area (Å²) >= 11 is 0. The average molecular weight is 533 g/mol. The molecule has 1 aromatic heterocycles. The first kappa shape index (κ1) is 26.5. The second-order valence-corrected chi connectivity index (χ2v) is 10.1. The summed E-state index contributed by atoms with van der Waals surface area (Å²) < 4.78 is 24.6. The molecule has 9 heteroatoms. The van der Waals surface area contributed by atoms with Crippen molar-refractivity contribution in [1.82, 2.24) is 15.6 Å². The number of carbonyl (C=O) groups is 2. The van der Waals surface area contributed by atoms with Gasteiger partial charge in [0.2, 0.25) is 0 Å². The lowest BCUT2D eigenvalue weighted by molar-refractivity contribution is 0.0923. The number of carbonyl (C=O) groups excluding carboxylic acids is 2. The number of anilines is 1. The minimum Gasteiger partial charge on any atom is -0.497 e. The Morgan fingerprint density at radius 2 is 1.79 bits per heavy atom. The number of piperidine rings is 1. The van der Waals surface area contributed by atoms with Crippen molar-refractivity contribution >= 4 is 17.6 Å². The summed E-state index contributed by atoms with van der Waals surface area (Å²) in [6, 6.07) is 14.3. The number of rotatable bonds is 8. The molecule has 2 atom stereocenters. The van der Waals surface area contributed by atoms with Crippen molar-refractivity contribution in [2.45, 2.75) is 57.3 Å². The second-order valence-electron chi connectivity index (χ2n) is 10.1. The third-order valence-corrected chi connectivity index (χ3v) is 7.79. The van der Waals surface area contributed by atoms with Crippen LogP contribution in [0.25, 0.3) is 0 Å². The standard InChI is InChI=1S/C30H33FN4O4/c1-18-25(5-4-6-27(18)39-3)30(37)34-21-13-22-9-10-23(14-21)35(22)28-12-8-20(17-32-28)29(36)33-16-19-7-11-24(38-2)15-26(19)31/h4-8,11-12,15,17,21-23H,9-10,13-14,16H2,1-3H3,(H,33,36)(H,34,37). The lowest BCUT2D eigenvalue weighted by Crippen LogP contribution is -2.50. The van der Waals surface area contributed by atoms with E-state index in [9.17, 15) is 14.0 Å². The highest BCUT2D eigenvalue weighted by molar-refractivity contribution is 5.96. The van der Waals surface area contributed by atoms with Crippen molar-refractivity contribution in [1.29, 1.82) is 0 Å². The first-order valence-electron chi connectivity index (χ1n) is 13.2. The van der Waals surface area contributed by atoms with Crippen LogP contribution >= 0.6 is 0 Å². The Balaban J connectivity index is 1.19. The summed E-state index contributed by atoms with van der Waals surface area (Å²) in [5.41, 5.74) is 2.26. The molecule has 2 fully saturated rings. The van der Waals surface area contributed by atoms with Crippen molar-refractivity contribution in [3.05, 3.63) is 82.8 Å². The summed E-state index contributed by atoms with van der Waals surface area (Å²) in [5.74, 6) is 1.13. The predicted molar refractivity (Wildman–Crippen MR) is 146 cm³/mol. The number of aromatic nitrogens is 1. The monoisotopic (exact) mass is 532 g/mol. The van der Waals surface area contributed by atoms with Crippen LogP contribution in [0, 0.1) is 12.7 Å². The van der Waals surface area contributed by atoms with Gasteiger partial charge in [-0.3, -0.25) is 9.59 Å². The maximum Gasteiger partial charge on any atom is 0.253 e. The number of fused-ring (bicyclic) bond motifs is 2. The average Bonchev–Trinajstić information content (AvgIpc) is 3.22. The number of benzene rings is 2. The van der Waals surface area contributed by atoms with E-state index >= 15 is 0 Å². The molecule has 5 rings (SSSR count). The summed E-state index contributed by atoms with van der Waals surface area (Å²) in [6.07, 6.45) is 5.30. The maximum atomic E-state index is 14.2.